The molecule has 43 heavy (non-hydrogen) atoms. The Hall–Kier alpha value is -2.48. The van der Waals surface area contributed by atoms with Gasteiger partial charge in [0, 0.05) is 0 Å². The number of hydrogen-bond acceptors (Lipinski definition) is 2. The number of ether oxygens (including phenoxy) is 1. The molecule has 5 aliphatic carbocycles. The second-order valence-electron chi connectivity index (χ2n) is 14.8. The van der Waals surface area contributed by atoms with Crippen molar-refractivity contribution in [3.05, 3.63) is 113 Å². The van der Waals surface area contributed by atoms with Crippen LogP contribution in [-0.4, -0.2) is 30.9 Å². The van der Waals surface area contributed by atoms with Crippen LogP contribution < -0.4 is 4.74 Å². The van der Waals surface area contributed by atoms with Crippen molar-refractivity contribution in [2.75, 3.05) is 0 Å². The molecule has 224 valence electrons. The molecule has 1 aliphatic heterocycles. The first-order chi connectivity index (χ1) is 20.8. The Morgan fingerprint density at radius 3 is 2.14 bits per heavy atom. The molecule has 4 saturated carbocycles. The van der Waals surface area contributed by atoms with Gasteiger partial charge in [-0.3, -0.25) is 0 Å². The summed E-state index contributed by atoms with van der Waals surface area (Å²) in [5.74, 6) is 3.72. The van der Waals surface area contributed by atoms with Gasteiger partial charge < -0.3 is 0 Å². The summed E-state index contributed by atoms with van der Waals surface area (Å²) in [7, 11) is 0. The standard InChI is InChI=1S/C30H33N.C10H12O.Ru/c1-28(2)27-13-12-24-8-6-7-11-26(24)30(27,25-9-4-3-5-10-25)20-31(28)29-17-21-14-22(18-29)16-23(15-21)19-29;1-8(2)11-10-7-5-4-6-9(10)3;/h3-11,13,21-23H,12,14-19H2,1-2H3;3-8H,1-2H3;/t21?,22?,23?,29?,30-;;/m1../s1. The van der Waals surface area contributed by atoms with Crippen LogP contribution in [-0.2, 0) is 28.1 Å². The summed E-state index contributed by atoms with van der Waals surface area (Å²) in [6.45, 7) is 9.42. The molecule has 0 amide bonds. The van der Waals surface area contributed by atoms with Crippen molar-refractivity contribution in [2.45, 2.75) is 95.2 Å². The van der Waals surface area contributed by atoms with Crippen LogP contribution >= 0.6 is 0 Å². The molecule has 9 rings (SSSR count). The molecule has 1 heterocycles. The van der Waals surface area contributed by atoms with E-state index in [2.05, 4.69) is 122 Å². The minimum absolute atomic E-state index is 0.0547. The predicted octanol–water partition coefficient (Wildman–Crippen LogP) is 8.37. The molecule has 0 spiro atoms. The van der Waals surface area contributed by atoms with E-state index in [0.717, 1.165) is 29.9 Å². The SMILES string of the molecule is CC(C)Oc1ccccc1[CH]=[Ru]=[C]1N(C23CC4CC(CC(C4)C2)C3)C(C)(C)C2=CCc3ccccc3[C@@]21c1ccccc1. The zero-order chi connectivity index (χ0) is 29.4. The number of para-hydroxylation sites is 1. The van der Waals surface area contributed by atoms with Crippen LogP contribution in [0.25, 0.3) is 0 Å². The van der Waals surface area contributed by atoms with E-state index in [1.807, 2.05) is 0 Å². The van der Waals surface area contributed by atoms with E-state index in [9.17, 15) is 0 Å². The van der Waals surface area contributed by atoms with E-state index in [0.29, 0.717) is 0 Å². The summed E-state index contributed by atoms with van der Waals surface area (Å²) in [4.78, 5) is 3.10. The molecule has 2 nitrogen and oxygen atoms in total. The first-order valence-electron chi connectivity index (χ1n) is 16.5. The third-order valence-electron chi connectivity index (χ3n) is 11.3. The molecule has 0 N–H and O–H groups in total. The zero-order valence-electron chi connectivity index (χ0n) is 26.1. The molecule has 4 bridgehead atoms. The zero-order valence-corrected chi connectivity index (χ0v) is 27.9. The maximum atomic E-state index is 6.35. The summed E-state index contributed by atoms with van der Waals surface area (Å²) in [5, 5.41) is 0. The van der Waals surface area contributed by atoms with Gasteiger partial charge in [0.2, 0.25) is 0 Å². The third kappa shape index (κ3) is 4.24. The van der Waals surface area contributed by atoms with Gasteiger partial charge in [-0.15, -0.1) is 0 Å². The molecule has 3 aromatic rings. The number of nitrogens with zero attached hydrogens (tertiary/aromatic N) is 1. The number of rotatable bonds is 5. The number of allylic oxidation sites excluding steroid dienone is 1. The van der Waals surface area contributed by atoms with Gasteiger partial charge in [0.25, 0.3) is 0 Å². The third-order valence-corrected chi connectivity index (χ3v) is 13.6. The fourth-order valence-corrected chi connectivity index (χ4v) is 13.6. The van der Waals surface area contributed by atoms with Crippen LogP contribution in [0.4, 0.5) is 0 Å². The topological polar surface area (TPSA) is 12.5 Å². The monoisotopic (exact) mass is 657 g/mol. The average molecular weight is 657 g/mol. The molecule has 0 radical (unpaired) electrons. The average Bonchev–Trinajstić information content (AvgIpc) is 3.20. The van der Waals surface area contributed by atoms with Crippen molar-refractivity contribution >= 4 is 8.84 Å². The molecule has 0 unspecified atom stereocenters. The van der Waals surface area contributed by atoms with Gasteiger partial charge in [-0.2, -0.15) is 0 Å². The Morgan fingerprint density at radius 2 is 1.44 bits per heavy atom. The molecule has 3 heteroatoms. The van der Waals surface area contributed by atoms with Crippen LogP contribution in [0.1, 0.15) is 88.5 Å². The van der Waals surface area contributed by atoms with E-state index >= 15 is 0 Å². The van der Waals surface area contributed by atoms with Gasteiger partial charge in [-0.1, -0.05) is 0 Å². The van der Waals surface area contributed by atoms with E-state index in [1.165, 1.54) is 60.8 Å². The summed E-state index contributed by atoms with van der Waals surface area (Å²) in [6, 6.07) is 29.7. The minimum atomic E-state index is -0.249. The van der Waals surface area contributed by atoms with E-state index in [1.54, 1.807) is 9.80 Å². The van der Waals surface area contributed by atoms with Crippen molar-refractivity contribution < 1.29 is 21.0 Å². The predicted molar refractivity (Wildman–Crippen MR) is 175 cm³/mol. The molecule has 5 fully saturated rings. The fraction of sp³-hybridized carbons (Fsp3) is 0.450. The molecule has 3 aromatic carbocycles. The van der Waals surface area contributed by atoms with Crippen molar-refractivity contribution in [2.24, 2.45) is 17.8 Å². The van der Waals surface area contributed by atoms with Gasteiger partial charge >= 0.3 is 266 Å². The Kier molecular flexibility index (Phi) is 6.70. The molecule has 1 saturated heterocycles. The van der Waals surface area contributed by atoms with E-state index in [4.69, 9.17) is 4.74 Å². The molecular formula is C40H45NORu. The number of benzene rings is 3. The quantitative estimate of drug-likeness (QED) is 0.202. The number of likely N-dealkylation sites (tertiary alicyclic amines) is 1. The van der Waals surface area contributed by atoms with Crippen LogP contribution in [0.2, 0.25) is 0 Å². The number of fused-ring (bicyclic) bond motifs is 3. The van der Waals surface area contributed by atoms with Crippen molar-refractivity contribution in [3.8, 4) is 5.75 Å². The molecule has 6 aliphatic rings. The van der Waals surface area contributed by atoms with Gasteiger partial charge in [0.05, 0.1) is 0 Å². The molecule has 0 aromatic heterocycles. The molecular weight excluding hydrogens is 612 g/mol. The van der Waals surface area contributed by atoms with Gasteiger partial charge in [0.1, 0.15) is 0 Å². The Morgan fingerprint density at radius 1 is 0.814 bits per heavy atom. The number of hydrogen-bond donors (Lipinski definition) is 0. The van der Waals surface area contributed by atoms with Gasteiger partial charge in [0.15, 0.2) is 0 Å². The normalized spacial score (nSPS) is 32.0. The second-order valence-corrected chi connectivity index (χ2v) is 16.6. The maximum absolute atomic E-state index is 6.35. The Bertz CT molecular complexity index is 1620. The first kappa shape index (κ1) is 28.0. The second kappa shape index (κ2) is 10.3. The van der Waals surface area contributed by atoms with Crippen LogP contribution in [0, 0.1) is 17.8 Å². The van der Waals surface area contributed by atoms with Crippen molar-refractivity contribution in [1.29, 1.82) is 0 Å². The summed E-state index contributed by atoms with van der Waals surface area (Å²) in [5.41, 5.74) is 7.28. The fourth-order valence-electron chi connectivity index (χ4n) is 10.4. The van der Waals surface area contributed by atoms with E-state index < -0.39 is 0 Å². The van der Waals surface area contributed by atoms with Gasteiger partial charge in [-0.05, 0) is 0 Å². The van der Waals surface area contributed by atoms with Crippen molar-refractivity contribution in [1.82, 2.24) is 4.90 Å². The van der Waals surface area contributed by atoms with Crippen molar-refractivity contribution in [3.63, 3.8) is 0 Å². The van der Waals surface area contributed by atoms with Gasteiger partial charge in [-0.25, -0.2) is 0 Å². The van der Waals surface area contributed by atoms with Crippen LogP contribution in [0.15, 0.2) is 90.5 Å². The Balaban J connectivity index is 1.44. The summed E-state index contributed by atoms with van der Waals surface area (Å²) in [6.07, 6.45) is 12.4. The summed E-state index contributed by atoms with van der Waals surface area (Å²) >= 11 is -0.249. The first-order valence-corrected chi connectivity index (χ1v) is 18.4. The van der Waals surface area contributed by atoms with Crippen LogP contribution in [0.5, 0.6) is 5.75 Å². The Labute approximate surface area is 265 Å². The van der Waals surface area contributed by atoms with Crippen LogP contribution in [0.3, 0.4) is 0 Å². The molecule has 1 atom stereocenters. The summed E-state index contributed by atoms with van der Waals surface area (Å²) < 4.78 is 10.6. The van der Waals surface area contributed by atoms with E-state index in [-0.39, 0.29) is 38.8 Å².